The second-order valence-corrected chi connectivity index (χ2v) is 8.63. The van der Waals surface area contributed by atoms with E-state index in [9.17, 15) is 0 Å². The SMILES string of the molecule is CCCC(Cn1cnc2c(N)nccc21)Sc1cc2c(cc1I)OCO2. The van der Waals surface area contributed by atoms with Gasteiger partial charge in [0.15, 0.2) is 17.3 Å². The van der Waals surface area contributed by atoms with E-state index in [4.69, 9.17) is 15.2 Å². The van der Waals surface area contributed by atoms with E-state index in [-0.39, 0.29) is 0 Å². The number of nitrogen functional groups attached to an aromatic ring is 1. The lowest BCUT2D eigenvalue weighted by atomic mass is 10.2. The maximum absolute atomic E-state index is 5.94. The van der Waals surface area contributed by atoms with Crippen LogP contribution in [0.3, 0.4) is 0 Å². The Labute approximate surface area is 169 Å². The topological polar surface area (TPSA) is 75.2 Å². The van der Waals surface area contributed by atoms with E-state index in [1.54, 1.807) is 6.20 Å². The summed E-state index contributed by atoms with van der Waals surface area (Å²) in [4.78, 5) is 9.77. The van der Waals surface area contributed by atoms with Crippen molar-refractivity contribution in [2.24, 2.45) is 0 Å². The third-order valence-electron chi connectivity index (χ3n) is 4.30. The number of pyridine rings is 1. The van der Waals surface area contributed by atoms with E-state index in [0.717, 1.165) is 41.9 Å². The molecule has 136 valence electrons. The van der Waals surface area contributed by atoms with Gasteiger partial charge < -0.3 is 19.8 Å². The summed E-state index contributed by atoms with van der Waals surface area (Å²) in [7, 11) is 0. The first-order valence-corrected chi connectivity index (χ1v) is 10.4. The highest BCUT2D eigenvalue weighted by molar-refractivity contribution is 14.1. The van der Waals surface area contributed by atoms with Crippen molar-refractivity contribution >= 4 is 51.2 Å². The Morgan fingerprint density at radius 1 is 1.31 bits per heavy atom. The number of thioether (sulfide) groups is 1. The molecule has 26 heavy (non-hydrogen) atoms. The van der Waals surface area contributed by atoms with E-state index in [2.05, 4.69) is 50.1 Å². The van der Waals surface area contributed by atoms with Crippen molar-refractivity contribution in [2.45, 2.75) is 36.5 Å². The van der Waals surface area contributed by atoms with Crippen molar-refractivity contribution in [1.29, 1.82) is 0 Å². The third-order valence-corrected chi connectivity index (χ3v) is 6.87. The van der Waals surface area contributed by atoms with Crippen molar-refractivity contribution in [3.8, 4) is 11.5 Å². The van der Waals surface area contributed by atoms with Crippen LogP contribution in [0.1, 0.15) is 19.8 Å². The minimum absolute atomic E-state index is 0.300. The Bertz CT molecular complexity index is 946. The second-order valence-electron chi connectivity index (χ2n) is 6.13. The number of halogens is 1. The highest BCUT2D eigenvalue weighted by Gasteiger charge is 2.20. The monoisotopic (exact) mass is 482 g/mol. The van der Waals surface area contributed by atoms with Crippen molar-refractivity contribution in [3.05, 3.63) is 34.3 Å². The molecule has 0 radical (unpaired) electrons. The summed E-state index contributed by atoms with van der Waals surface area (Å²) in [5.41, 5.74) is 7.73. The molecule has 2 N–H and O–H groups in total. The maximum atomic E-state index is 5.94. The van der Waals surface area contributed by atoms with E-state index in [1.165, 1.54) is 8.47 Å². The Kier molecular flexibility index (Phi) is 5.12. The van der Waals surface area contributed by atoms with Gasteiger partial charge in [0.05, 0.1) is 11.8 Å². The Morgan fingerprint density at radius 3 is 2.92 bits per heavy atom. The standard InChI is InChI=1S/C18H19IN4O2S/c1-2-3-11(8-23-9-22-17-13(23)4-5-21-18(17)20)26-16-7-15-14(6-12(16)19)24-10-25-15/h4-7,9,11H,2-3,8,10H2,1H3,(H2,20,21). The minimum atomic E-state index is 0.300. The number of nitrogens with two attached hydrogens (primary N) is 1. The number of rotatable bonds is 6. The van der Waals surface area contributed by atoms with Gasteiger partial charge in [-0.05, 0) is 47.2 Å². The fourth-order valence-electron chi connectivity index (χ4n) is 3.06. The van der Waals surface area contributed by atoms with Gasteiger partial charge in [-0.1, -0.05) is 13.3 Å². The third kappa shape index (κ3) is 3.44. The Hall–Kier alpha value is -1.68. The quantitative estimate of drug-likeness (QED) is 0.417. The average molecular weight is 482 g/mol. The minimum Gasteiger partial charge on any atom is -0.454 e. The normalized spacial score (nSPS) is 14.1. The summed E-state index contributed by atoms with van der Waals surface area (Å²) in [5, 5.41) is 0.417. The average Bonchev–Trinajstić information content (AvgIpc) is 3.23. The molecule has 0 amide bonds. The molecule has 1 atom stereocenters. The van der Waals surface area contributed by atoms with Gasteiger partial charge in [0, 0.05) is 26.5 Å². The molecule has 8 heteroatoms. The number of aromatic nitrogens is 3. The van der Waals surface area contributed by atoms with Crippen LogP contribution in [0, 0.1) is 3.57 Å². The molecule has 1 aliphatic heterocycles. The number of anilines is 1. The first-order valence-electron chi connectivity index (χ1n) is 8.47. The molecule has 0 fully saturated rings. The number of fused-ring (bicyclic) bond motifs is 2. The molecule has 3 heterocycles. The van der Waals surface area contributed by atoms with Crippen LogP contribution in [0.5, 0.6) is 11.5 Å². The largest absolute Gasteiger partial charge is 0.454 e. The van der Waals surface area contributed by atoms with Crippen LogP contribution in [0.2, 0.25) is 0 Å². The zero-order chi connectivity index (χ0) is 18.1. The van der Waals surface area contributed by atoms with Gasteiger partial charge in [-0.15, -0.1) is 11.8 Å². The van der Waals surface area contributed by atoms with Crippen LogP contribution in [-0.4, -0.2) is 26.6 Å². The lowest BCUT2D eigenvalue weighted by Gasteiger charge is -2.18. The first-order chi connectivity index (χ1) is 12.7. The number of hydrogen-bond donors (Lipinski definition) is 1. The Balaban J connectivity index is 1.59. The van der Waals surface area contributed by atoms with Gasteiger partial charge in [-0.25, -0.2) is 9.97 Å². The molecule has 1 aromatic carbocycles. The van der Waals surface area contributed by atoms with Crippen LogP contribution in [0.25, 0.3) is 11.0 Å². The summed E-state index contributed by atoms with van der Waals surface area (Å²) in [6.07, 6.45) is 5.82. The molecule has 4 rings (SSSR count). The number of nitrogens with zero attached hydrogens (tertiary/aromatic N) is 3. The lowest BCUT2D eigenvalue weighted by Crippen LogP contribution is -2.12. The summed E-state index contributed by atoms with van der Waals surface area (Å²) in [5.74, 6) is 2.13. The number of imidazole rings is 1. The molecule has 0 aliphatic carbocycles. The smallest absolute Gasteiger partial charge is 0.231 e. The molecule has 0 spiro atoms. The van der Waals surface area contributed by atoms with Gasteiger partial charge in [0.2, 0.25) is 6.79 Å². The van der Waals surface area contributed by atoms with E-state index in [1.807, 2.05) is 30.2 Å². The van der Waals surface area contributed by atoms with Crippen molar-refractivity contribution in [1.82, 2.24) is 14.5 Å². The molecular weight excluding hydrogens is 463 g/mol. The molecule has 6 nitrogen and oxygen atoms in total. The van der Waals surface area contributed by atoms with Gasteiger partial charge in [-0.3, -0.25) is 0 Å². The summed E-state index contributed by atoms with van der Waals surface area (Å²) < 4.78 is 14.4. The van der Waals surface area contributed by atoms with Crippen LogP contribution in [0.4, 0.5) is 5.82 Å². The number of ether oxygens (including phenoxy) is 2. The Morgan fingerprint density at radius 2 is 2.12 bits per heavy atom. The second kappa shape index (κ2) is 7.51. The number of benzene rings is 1. The first kappa shape index (κ1) is 17.7. The molecule has 3 aromatic rings. The van der Waals surface area contributed by atoms with Crippen LogP contribution >= 0.6 is 34.4 Å². The fourth-order valence-corrected chi connectivity index (χ4v) is 5.17. The van der Waals surface area contributed by atoms with Crippen molar-refractivity contribution in [3.63, 3.8) is 0 Å². The molecule has 0 saturated heterocycles. The summed E-state index contributed by atoms with van der Waals surface area (Å²) >= 11 is 4.24. The zero-order valence-electron chi connectivity index (χ0n) is 14.3. The molecular formula is C18H19IN4O2S. The zero-order valence-corrected chi connectivity index (χ0v) is 17.3. The molecule has 1 unspecified atom stereocenters. The van der Waals surface area contributed by atoms with Crippen LogP contribution in [0.15, 0.2) is 35.6 Å². The van der Waals surface area contributed by atoms with Crippen LogP contribution < -0.4 is 15.2 Å². The highest BCUT2D eigenvalue weighted by atomic mass is 127. The number of hydrogen-bond acceptors (Lipinski definition) is 6. The summed E-state index contributed by atoms with van der Waals surface area (Å²) in [6, 6.07) is 6.11. The summed E-state index contributed by atoms with van der Waals surface area (Å²) in [6.45, 7) is 3.38. The van der Waals surface area contributed by atoms with Gasteiger partial charge in [-0.2, -0.15) is 0 Å². The van der Waals surface area contributed by atoms with Gasteiger partial charge in [0.1, 0.15) is 5.52 Å². The highest BCUT2D eigenvalue weighted by Crippen LogP contribution is 2.41. The molecule has 2 aromatic heterocycles. The predicted molar refractivity (Wildman–Crippen MR) is 112 cm³/mol. The molecule has 0 saturated carbocycles. The predicted octanol–water partition coefficient (Wildman–Crippen LogP) is 4.31. The van der Waals surface area contributed by atoms with E-state index < -0.39 is 0 Å². The van der Waals surface area contributed by atoms with Crippen molar-refractivity contribution < 1.29 is 9.47 Å². The maximum Gasteiger partial charge on any atom is 0.231 e. The van der Waals surface area contributed by atoms with Gasteiger partial charge in [0.25, 0.3) is 0 Å². The lowest BCUT2D eigenvalue weighted by molar-refractivity contribution is 0.174. The van der Waals surface area contributed by atoms with E-state index >= 15 is 0 Å². The van der Waals surface area contributed by atoms with Gasteiger partial charge >= 0.3 is 0 Å². The van der Waals surface area contributed by atoms with Crippen molar-refractivity contribution in [2.75, 3.05) is 12.5 Å². The van der Waals surface area contributed by atoms with Crippen LogP contribution in [-0.2, 0) is 6.54 Å². The fraction of sp³-hybridized carbons (Fsp3) is 0.333. The van der Waals surface area contributed by atoms with E-state index in [0.29, 0.717) is 17.9 Å². The molecule has 1 aliphatic rings. The molecule has 0 bridgehead atoms.